The molecule has 1 saturated heterocycles. The number of nitrogens with two attached hydrogens (primary N) is 1. The van der Waals surface area contributed by atoms with E-state index < -0.39 is 0 Å². The second kappa shape index (κ2) is 6.72. The fourth-order valence-corrected chi connectivity index (χ4v) is 3.80. The van der Waals surface area contributed by atoms with Gasteiger partial charge in [-0.2, -0.15) is 5.10 Å². The minimum atomic E-state index is 0.368. The number of hydrogen-bond donors (Lipinski definition) is 2. The van der Waals surface area contributed by atoms with Gasteiger partial charge in [-0.15, -0.1) is 0 Å². The molecule has 0 amide bonds. The highest BCUT2D eigenvalue weighted by Gasteiger charge is 2.19. The first-order chi connectivity index (χ1) is 13.7. The molecule has 1 aliphatic rings. The van der Waals surface area contributed by atoms with Crippen LogP contribution in [0.25, 0.3) is 33.8 Å². The quantitative estimate of drug-likeness (QED) is 0.571. The molecule has 3 aromatic heterocycles. The molecule has 0 saturated carbocycles. The number of benzene rings is 1. The Morgan fingerprint density at radius 3 is 2.75 bits per heavy atom. The van der Waals surface area contributed by atoms with Crippen molar-refractivity contribution >= 4 is 16.9 Å². The number of aromatic nitrogens is 6. The van der Waals surface area contributed by atoms with Crippen LogP contribution in [0, 0.1) is 0 Å². The van der Waals surface area contributed by atoms with E-state index in [4.69, 9.17) is 15.7 Å². The van der Waals surface area contributed by atoms with Gasteiger partial charge >= 0.3 is 0 Å². The van der Waals surface area contributed by atoms with Crippen molar-refractivity contribution in [2.75, 3.05) is 18.8 Å². The predicted molar refractivity (Wildman–Crippen MR) is 109 cm³/mol. The average molecular weight is 374 g/mol. The summed E-state index contributed by atoms with van der Waals surface area (Å²) in [5.74, 6) is 1.08. The Hall–Kier alpha value is -3.26. The number of para-hydroxylation sites is 2. The minimum Gasteiger partial charge on any atom is -0.382 e. The smallest absolute Gasteiger partial charge is 0.163 e. The third kappa shape index (κ3) is 2.82. The van der Waals surface area contributed by atoms with E-state index in [0.717, 1.165) is 48.2 Å². The average Bonchev–Trinajstić information content (AvgIpc) is 3.35. The highest BCUT2D eigenvalue weighted by Crippen LogP contribution is 2.28. The van der Waals surface area contributed by atoms with Gasteiger partial charge in [-0.3, -0.25) is 4.68 Å². The van der Waals surface area contributed by atoms with E-state index in [2.05, 4.69) is 21.6 Å². The summed E-state index contributed by atoms with van der Waals surface area (Å²) in [5.41, 5.74) is 10.4. The van der Waals surface area contributed by atoms with Gasteiger partial charge in [-0.25, -0.2) is 15.0 Å². The molecule has 4 aromatic rings. The first-order valence-corrected chi connectivity index (χ1v) is 9.50. The van der Waals surface area contributed by atoms with Gasteiger partial charge in [0.05, 0.1) is 35.2 Å². The molecule has 0 unspecified atom stereocenters. The number of aryl methyl sites for hydroxylation is 1. The summed E-state index contributed by atoms with van der Waals surface area (Å²) in [7, 11) is 1.97. The Morgan fingerprint density at radius 1 is 1.11 bits per heavy atom. The summed E-state index contributed by atoms with van der Waals surface area (Å²) in [4.78, 5) is 13.9. The highest BCUT2D eigenvalue weighted by molar-refractivity contribution is 5.82. The number of piperidine rings is 1. The summed E-state index contributed by atoms with van der Waals surface area (Å²) in [6.07, 6.45) is 7.76. The van der Waals surface area contributed by atoms with Crippen molar-refractivity contribution in [2.45, 2.75) is 18.9 Å². The Bertz CT molecular complexity index is 1140. The largest absolute Gasteiger partial charge is 0.382 e. The van der Waals surface area contributed by atoms with Crippen molar-refractivity contribution in [1.29, 1.82) is 0 Å². The van der Waals surface area contributed by atoms with Gasteiger partial charge in [0, 0.05) is 18.8 Å². The molecule has 8 heteroatoms. The molecule has 0 bridgehead atoms. The van der Waals surface area contributed by atoms with Crippen LogP contribution in [0.4, 0.5) is 5.82 Å². The maximum absolute atomic E-state index is 6.16. The summed E-state index contributed by atoms with van der Waals surface area (Å²) in [6, 6.07) is 8.40. The molecular formula is C20H22N8. The van der Waals surface area contributed by atoms with E-state index >= 15 is 0 Å². The lowest BCUT2D eigenvalue weighted by Gasteiger charge is -2.22. The van der Waals surface area contributed by atoms with E-state index in [9.17, 15) is 0 Å². The summed E-state index contributed by atoms with van der Waals surface area (Å²) >= 11 is 0. The molecule has 1 aromatic carbocycles. The van der Waals surface area contributed by atoms with Crippen LogP contribution in [0.15, 0.2) is 42.9 Å². The number of rotatable bonds is 3. The van der Waals surface area contributed by atoms with Crippen molar-refractivity contribution in [1.82, 2.24) is 34.6 Å². The molecule has 4 heterocycles. The topological polar surface area (TPSA) is 99.5 Å². The lowest BCUT2D eigenvalue weighted by molar-refractivity contribution is 0.343. The highest BCUT2D eigenvalue weighted by atomic mass is 15.3. The van der Waals surface area contributed by atoms with Gasteiger partial charge in [0.2, 0.25) is 0 Å². The van der Waals surface area contributed by atoms with Crippen LogP contribution in [-0.2, 0) is 7.05 Å². The number of imidazole rings is 1. The number of nitrogen functional groups attached to an aromatic ring is 1. The van der Waals surface area contributed by atoms with Gasteiger partial charge in [-0.05, 0) is 38.1 Å². The summed E-state index contributed by atoms with van der Waals surface area (Å²) in [5, 5.41) is 7.95. The van der Waals surface area contributed by atoms with Crippen LogP contribution >= 0.6 is 0 Å². The van der Waals surface area contributed by atoms with Crippen molar-refractivity contribution < 1.29 is 0 Å². The molecule has 5 rings (SSSR count). The molecular weight excluding hydrogens is 352 g/mol. The second-order valence-corrected chi connectivity index (χ2v) is 7.16. The summed E-state index contributed by atoms with van der Waals surface area (Å²) in [6.45, 7) is 2.05. The number of fused-ring (bicyclic) bond motifs is 1. The zero-order chi connectivity index (χ0) is 19.1. The van der Waals surface area contributed by atoms with Gasteiger partial charge < -0.3 is 15.6 Å². The van der Waals surface area contributed by atoms with Crippen molar-refractivity contribution in [2.24, 2.45) is 7.05 Å². The maximum Gasteiger partial charge on any atom is 0.163 e. The first kappa shape index (κ1) is 16.9. The van der Waals surface area contributed by atoms with Crippen LogP contribution in [0.3, 0.4) is 0 Å². The Balaban J connectivity index is 1.54. The van der Waals surface area contributed by atoms with Gasteiger partial charge in [0.1, 0.15) is 5.69 Å². The molecule has 1 fully saturated rings. The lowest BCUT2D eigenvalue weighted by atomic mass is 10.1. The lowest BCUT2D eigenvalue weighted by Crippen LogP contribution is -2.29. The fourth-order valence-electron chi connectivity index (χ4n) is 3.80. The number of hydrogen-bond acceptors (Lipinski definition) is 6. The van der Waals surface area contributed by atoms with Gasteiger partial charge in [0.15, 0.2) is 11.6 Å². The van der Waals surface area contributed by atoms with Crippen molar-refractivity contribution in [3.63, 3.8) is 0 Å². The molecule has 3 N–H and O–H groups in total. The molecule has 0 radical (unpaired) electrons. The van der Waals surface area contributed by atoms with Crippen LogP contribution in [0.5, 0.6) is 0 Å². The predicted octanol–water partition coefficient (Wildman–Crippen LogP) is 2.40. The molecule has 142 valence electrons. The van der Waals surface area contributed by atoms with E-state index in [0.29, 0.717) is 23.4 Å². The monoisotopic (exact) mass is 374 g/mol. The number of nitrogens with one attached hydrogen (secondary N) is 1. The SMILES string of the molecule is Cn1c(-c2nc(-c3cnn(C4CCNCC4)c3)cnc2N)nc2ccccc21. The molecule has 0 spiro atoms. The Kier molecular flexibility index (Phi) is 4.05. The molecule has 0 aliphatic carbocycles. The van der Waals surface area contributed by atoms with E-state index in [1.165, 1.54) is 0 Å². The molecule has 1 aliphatic heterocycles. The zero-order valence-corrected chi connectivity index (χ0v) is 15.7. The number of anilines is 1. The van der Waals surface area contributed by atoms with Gasteiger partial charge in [-0.1, -0.05) is 12.1 Å². The molecule has 8 nitrogen and oxygen atoms in total. The summed E-state index contributed by atoms with van der Waals surface area (Å²) < 4.78 is 4.04. The van der Waals surface area contributed by atoms with Crippen LogP contribution in [-0.4, -0.2) is 42.4 Å². The molecule has 0 atom stereocenters. The van der Waals surface area contributed by atoms with Gasteiger partial charge in [0.25, 0.3) is 0 Å². The fraction of sp³-hybridized carbons (Fsp3) is 0.300. The normalized spacial score (nSPS) is 15.3. The third-order valence-corrected chi connectivity index (χ3v) is 5.38. The zero-order valence-electron chi connectivity index (χ0n) is 15.7. The van der Waals surface area contributed by atoms with Crippen LogP contribution in [0.1, 0.15) is 18.9 Å². The van der Waals surface area contributed by atoms with Crippen LogP contribution in [0.2, 0.25) is 0 Å². The van der Waals surface area contributed by atoms with E-state index in [1.54, 1.807) is 6.20 Å². The van der Waals surface area contributed by atoms with Crippen molar-refractivity contribution in [3.05, 3.63) is 42.9 Å². The van der Waals surface area contributed by atoms with Crippen LogP contribution < -0.4 is 11.1 Å². The third-order valence-electron chi connectivity index (χ3n) is 5.38. The second-order valence-electron chi connectivity index (χ2n) is 7.16. The molecule has 28 heavy (non-hydrogen) atoms. The Labute approximate surface area is 162 Å². The minimum absolute atomic E-state index is 0.368. The van der Waals surface area contributed by atoms with E-state index in [1.807, 2.05) is 46.8 Å². The Morgan fingerprint density at radius 2 is 1.93 bits per heavy atom. The maximum atomic E-state index is 6.16. The van der Waals surface area contributed by atoms with E-state index in [-0.39, 0.29) is 0 Å². The number of nitrogens with zero attached hydrogens (tertiary/aromatic N) is 6. The standard InChI is InChI=1S/C20H22N8/c1-27-17-5-3-2-4-15(17)26-20(27)18-19(21)23-11-16(25-18)13-10-24-28(12-13)14-6-8-22-9-7-14/h2-5,10-12,14,22H,6-9H2,1H3,(H2,21,23). The van der Waals surface area contributed by atoms with Crippen molar-refractivity contribution in [3.8, 4) is 22.8 Å². The first-order valence-electron chi connectivity index (χ1n) is 9.50.